The third-order valence-corrected chi connectivity index (χ3v) is 14.9. The number of phosphoric acid groups is 2. The van der Waals surface area contributed by atoms with Crippen molar-refractivity contribution < 1.29 is 66.6 Å². The van der Waals surface area contributed by atoms with Gasteiger partial charge in [0.1, 0.15) is 72.8 Å². The highest BCUT2D eigenvalue weighted by atomic mass is 31.2. The van der Waals surface area contributed by atoms with Gasteiger partial charge in [-0.1, -0.05) is 84.0 Å². The van der Waals surface area contributed by atoms with Crippen LogP contribution in [0.25, 0.3) is 33.5 Å². The molecule has 2 fully saturated rings. The van der Waals surface area contributed by atoms with Gasteiger partial charge in [-0.05, 0) is 6.42 Å². The summed E-state index contributed by atoms with van der Waals surface area (Å²) < 4.78 is 65.3. The van der Waals surface area contributed by atoms with E-state index in [0.717, 1.165) is 49.2 Å². The fraction of sp³-hybridized carbons (Fsp3) is 0.636. The number of aliphatic hydroxyl groups excluding tert-OH is 2. The summed E-state index contributed by atoms with van der Waals surface area (Å²) in [5.41, 5.74) is 16.5. The molecule has 416 valence electrons. The minimum absolute atomic E-state index is 0.00361. The summed E-state index contributed by atoms with van der Waals surface area (Å²) >= 11 is 0. The van der Waals surface area contributed by atoms with Gasteiger partial charge in [-0.3, -0.25) is 32.1 Å². The van der Waals surface area contributed by atoms with Gasteiger partial charge in [-0.15, -0.1) is 0 Å². The number of aliphatic hydroxyl groups is 2. The number of nitrogen functional groups attached to an aromatic ring is 3. The van der Waals surface area contributed by atoms with Gasteiger partial charge in [-0.25, -0.2) is 49.4 Å². The van der Waals surface area contributed by atoms with E-state index in [4.69, 9.17) is 45.0 Å². The predicted octanol–water partition coefficient (Wildman–Crippen LogP) is 2.23. The van der Waals surface area contributed by atoms with Gasteiger partial charge in [0.25, 0.3) is 7.82 Å². The topological polar surface area (TPSA) is 431 Å². The molecule has 0 saturated carbocycles. The number of anilines is 3. The summed E-state index contributed by atoms with van der Waals surface area (Å²) in [5.74, 6) is -0.362. The van der Waals surface area contributed by atoms with Gasteiger partial charge in [0.2, 0.25) is 5.91 Å². The molecule has 0 bridgehead atoms. The van der Waals surface area contributed by atoms with Crippen LogP contribution in [0.15, 0.2) is 38.0 Å². The van der Waals surface area contributed by atoms with Crippen LogP contribution in [0.5, 0.6) is 0 Å². The van der Waals surface area contributed by atoms with Gasteiger partial charge in [-0.2, -0.15) is 0 Å². The van der Waals surface area contributed by atoms with Crippen molar-refractivity contribution in [3.63, 3.8) is 0 Å². The van der Waals surface area contributed by atoms with Crippen molar-refractivity contribution in [1.82, 2.24) is 63.9 Å². The first kappa shape index (κ1) is 56.7. The maximum atomic E-state index is 13.8. The summed E-state index contributed by atoms with van der Waals surface area (Å²) in [6.07, 6.45) is 8.80. The second-order valence-corrected chi connectivity index (χ2v) is 21.3. The number of unbranched alkanes of at least 4 members (excludes halogenated alkanes) is 12. The van der Waals surface area contributed by atoms with E-state index in [1.54, 1.807) is 0 Å². The number of carbonyl (C=O) groups is 1. The zero-order valence-electron chi connectivity index (χ0n) is 41.8. The molecule has 2 saturated heterocycles. The van der Waals surface area contributed by atoms with E-state index in [9.17, 15) is 38.8 Å². The normalized spacial score (nSPS) is 24.4. The van der Waals surface area contributed by atoms with Crippen molar-refractivity contribution in [1.29, 1.82) is 0 Å². The number of rotatable bonds is 30. The van der Waals surface area contributed by atoms with Crippen molar-refractivity contribution in [2.75, 3.05) is 37.0 Å². The molecule has 2 aliphatic rings. The largest absolute Gasteiger partial charge is 0.756 e. The minimum Gasteiger partial charge on any atom is -0.756 e. The predicted molar refractivity (Wildman–Crippen MR) is 267 cm³/mol. The Bertz CT molecular complexity index is 2980. The lowest BCUT2D eigenvalue weighted by atomic mass is 9.93. The second-order valence-electron chi connectivity index (χ2n) is 18.7. The van der Waals surface area contributed by atoms with Gasteiger partial charge in [0.05, 0.1) is 38.3 Å². The van der Waals surface area contributed by atoms with Gasteiger partial charge >= 0.3 is 7.82 Å². The first-order chi connectivity index (χ1) is 36.5. The lowest BCUT2D eigenvalue weighted by Crippen LogP contribution is -2.50. The Balaban J connectivity index is 0.992. The lowest BCUT2D eigenvalue weighted by Gasteiger charge is -2.39. The van der Waals surface area contributed by atoms with E-state index in [1.165, 1.54) is 79.5 Å². The Morgan fingerprint density at radius 1 is 0.724 bits per heavy atom. The van der Waals surface area contributed by atoms with Crippen molar-refractivity contribution in [3.05, 3.63) is 38.0 Å². The summed E-state index contributed by atoms with van der Waals surface area (Å²) in [6, 6.07) is 0. The molecular formula is C44H65N16O14P2-. The number of ether oxygens (including phenoxy) is 3. The molecule has 11 N–H and O–H groups in total. The molecule has 0 spiro atoms. The molecule has 8 rings (SSSR count). The van der Waals surface area contributed by atoms with Crippen LogP contribution < -0.4 is 27.4 Å². The SMILES string of the molecule is CCCCCCCCCCCCCCCC(=O)NCC1OC(CC2OC(n3cnc4c(N)ncnc43)C(OP(=O)(O)OCCOCn3cnc4c(N)ncnc43)C2O)(n2cnc3c(N)ncnc32)C(OP(=O)([O-])O)C1O. The zero-order chi connectivity index (χ0) is 54.0. The maximum absolute atomic E-state index is 13.8. The number of nitrogens with two attached hydrogens (primary N) is 3. The number of hydrogen-bond donors (Lipinski definition) is 8. The van der Waals surface area contributed by atoms with E-state index in [2.05, 4.69) is 57.1 Å². The molecule has 10 unspecified atom stereocenters. The average molecular weight is 1100 g/mol. The summed E-state index contributed by atoms with van der Waals surface area (Å²) in [6.45, 7) is 0.956. The number of hydrogen-bond acceptors (Lipinski definition) is 24. The number of nitrogens with one attached hydrogen (secondary N) is 1. The maximum Gasteiger partial charge on any atom is 0.472 e. The molecule has 6 aromatic heterocycles. The Labute approximate surface area is 435 Å². The fourth-order valence-electron chi connectivity index (χ4n) is 9.62. The number of nitrogens with zero attached hydrogens (tertiary/aromatic N) is 12. The highest BCUT2D eigenvalue weighted by Crippen LogP contribution is 2.53. The molecule has 30 nitrogen and oxygen atoms in total. The van der Waals surface area contributed by atoms with Crippen LogP contribution in [0.3, 0.4) is 0 Å². The quantitative estimate of drug-likeness (QED) is 0.0237. The molecule has 10 atom stereocenters. The van der Waals surface area contributed by atoms with Crippen LogP contribution >= 0.6 is 15.6 Å². The van der Waals surface area contributed by atoms with E-state index >= 15 is 0 Å². The van der Waals surface area contributed by atoms with Gasteiger partial charge in [0.15, 0.2) is 46.3 Å². The minimum atomic E-state index is -5.78. The molecule has 2 aliphatic heterocycles. The van der Waals surface area contributed by atoms with E-state index in [-0.39, 0.29) is 72.0 Å². The molecule has 1 amide bonds. The van der Waals surface area contributed by atoms with E-state index in [1.807, 2.05) is 0 Å². The molecule has 76 heavy (non-hydrogen) atoms. The van der Waals surface area contributed by atoms with Crippen LogP contribution in [0, 0.1) is 0 Å². The monoisotopic (exact) mass is 1100 g/mol. The Morgan fingerprint density at radius 2 is 1.29 bits per heavy atom. The van der Waals surface area contributed by atoms with Gasteiger partial charge in [0, 0.05) is 19.4 Å². The van der Waals surface area contributed by atoms with Crippen LogP contribution in [-0.2, 0) is 54.2 Å². The Morgan fingerprint density at radius 3 is 1.93 bits per heavy atom. The third kappa shape index (κ3) is 13.4. The van der Waals surface area contributed by atoms with Crippen molar-refractivity contribution >= 4 is 72.5 Å². The average Bonchev–Trinajstić information content (AvgIpc) is 4.29. The summed E-state index contributed by atoms with van der Waals surface area (Å²) in [5, 5.41) is 27.0. The molecule has 8 heterocycles. The lowest BCUT2D eigenvalue weighted by molar-refractivity contribution is -0.239. The smallest absolute Gasteiger partial charge is 0.472 e. The highest BCUT2D eigenvalue weighted by molar-refractivity contribution is 7.47. The Hall–Kier alpha value is -5.46. The standard InChI is InChI=1S/C44H66N16O14P2/c1-2-3-4-5-6-7-8-9-10-11-12-13-14-15-29(61)48-19-28-34(63)36(74-75(64,65)66)44(72-28,60-25-57-32-39(47)51-22-54-42(32)60)18-27-33(62)35(43(71-27)59-24-56-31-38(46)50-21-53-41(31)59)73-76(67,68)70-17-16-69-26-58-23-55-30-37(45)49-20-52-40(30)58/h20-25,27-28,33-36,43,62-63H,2-19,26H2,1H3,(H,48,61)(H,67,68)(H2,45,49,52)(H2,46,50,53)(H2,47,51,54)(H2,64,65,66)/p-1. The Kier molecular flexibility index (Phi) is 18.9. The van der Waals surface area contributed by atoms with E-state index < -0.39 is 77.2 Å². The number of imidazole rings is 3. The molecule has 0 radical (unpaired) electrons. The van der Waals surface area contributed by atoms with Crippen LogP contribution in [-0.4, -0.2) is 141 Å². The van der Waals surface area contributed by atoms with Crippen molar-refractivity contribution in [2.24, 2.45) is 0 Å². The zero-order valence-corrected chi connectivity index (χ0v) is 43.6. The number of fused-ring (bicyclic) bond motifs is 3. The first-order valence-electron chi connectivity index (χ1n) is 25.2. The molecule has 32 heteroatoms. The number of carbonyl (C=O) groups excluding carboxylic acids is 1. The van der Waals surface area contributed by atoms with Gasteiger partial charge < -0.3 is 66.1 Å². The van der Waals surface area contributed by atoms with Crippen molar-refractivity contribution in [3.8, 4) is 0 Å². The van der Waals surface area contributed by atoms with Crippen molar-refractivity contribution in [2.45, 2.75) is 159 Å². The molecular weight excluding hydrogens is 1040 g/mol. The van der Waals surface area contributed by atoms with Crippen LogP contribution in [0.4, 0.5) is 17.5 Å². The third-order valence-electron chi connectivity index (χ3n) is 13.4. The second kappa shape index (κ2) is 25.3. The highest BCUT2D eigenvalue weighted by Gasteiger charge is 2.62. The van der Waals surface area contributed by atoms with Crippen LogP contribution in [0.2, 0.25) is 0 Å². The molecule has 0 aliphatic carbocycles. The number of aromatic nitrogens is 12. The molecule has 0 aromatic carbocycles. The summed E-state index contributed by atoms with van der Waals surface area (Å²) in [4.78, 5) is 84.6. The van der Waals surface area contributed by atoms with Crippen LogP contribution in [0.1, 0.15) is 109 Å². The number of phosphoric ester groups is 2. The first-order valence-corrected chi connectivity index (χ1v) is 28.2. The van der Waals surface area contributed by atoms with E-state index in [0.29, 0.717) is 17.6 Å². The summed E-state index contributed by atoms with van der Waals surface area (Å²) in [7, 11) is -10.9. The molecule has 6 aromatic rings. The fourth-order valence-corrected chi connectivity index (χ4v) is 11.1. The number of amides is 1.